The smallest absolute Gasteiger partial charge is 0.236 e. The fourth-order valence-electron chi connectivity index (χ4n) is 1.68. The molecule has 1 amide bonds. The number of nitrogens with two attached hydrogens (primary N) is 1. The molecule has 0 aliphatic heterocycles. The molecule has 0 aromatic heterocycles. The normalized spacial score (nSPS) is 29.6. The highest BCUT2D eigenvalue weighted by molar-refractivity contribution is 14.1. The number of carbonyl (C=O) groups excluding carboxylic acids is 1. The molecular weight excluding hydrogens is 293 g/mol. The van der Waals surface area contributed by atoms with Crippen LogP contribution in [0, 0.1) is 0 Å². The Hall–Kier alpha value is 0.120. The van der Waals surface area contributed by atoms with Crippen LogP contribution in [0.3, 0.4) is 0 Å². The van der Waals surface area contributed by atoms with Gasteiger partial charge < -0.3 is 11.1 Å². The van der Waals surface area contributed by atoms with Crippen LogP contribution in [0.5, 0.6) is 0 Å². The van der Waals surface area contributed by atoms with Gasteiger partial charge in [-0.2, -0.15) is 0 Å². The van der Waals surface area contributed by atoms with Crippen molar-refractivity contribution in [1.82, 2.24) is 8.85 Å². The van der Waals surface area contributed by atoms with Crippen LogP contribution in [0.2, 0.25) is 0 Å². The predicted molar refractivity (Wildman–Crippen MR) is 65.0 cm³/mol. The zero-order valence-electron chi connectivity index (χ0n) is 8.42. The molecule has 14 heavy (non-hydrogen) atoms. The minimum atomic E-state index is -0.393. The van der Waals surface area contributed by atoms with Crippen molar-refractivity contribution in [3.8, 4) is 0 Å². The van der Waals surface area contributed by atoms with Crippen LogP contribution in [0.1, 0.15) is 32.6 Å². The van der Waals surface area contributed by atoms with Crippen LogP contribution in [0.15, 0.2) is 0 Å². The lowest BCUT2D eigenvalue weighted by molar-refractivity contribution is -0.122. The highest BCUT2D eigenvalue weighted by Crippen LogP contribution is 2.19. The molecule has 0 heterocycles. The van der Waals surface area contributed by atoms with E-state index in [1.54, 1.807) is 6.92 Å². The van der Waals surface area contributed by atoms with Gasteiger partial charge in [0.05, 0.1) is 6.04 Å². The molecule has 1 rings (SSSR count). The molecule has 0 aromatic rings. The van der Waals surface area contributed by atoms with E-state index in [2.05, 4.69) is 31.7 Å². The lowest BCUT2D eigenvalue weighted by Gasteiger charge is -2.28. The molecule has 0 radical (unpaired) electrons. The topological polar surface area (TPSA) is 67.2 Å². The van der Waals surface area contributed by atoms with Crippen LogP contribution in [-0.4, -0.2) is 24.0 Å². The van der Waals surface area contributed by atoms with Crippen molar-refractivity contribution in [3.63, 3.8) is 0 Å². The summed E-state index contributed by atoms with van der Waals surface area (Å²) in [4.78, 5) is 11.3. The first kappa shape index (κ1) is 12.2. The Bertz CT molecular complexity index is 190. The maximum absolute atomic E-state index is 11.3. The second-order valence-electron chi connectivity index (χ2n) is 3.95. The van der Waals surface area contributed by atoms with E-state index in [0.717, 1.165) is 25.7 Å². The lowest BCUT2D eigenvalue weighted by Crippen LogP contribution is -2.46. The van der Waals surface area contributed by atoms with Crippen molar-refractivity contribution < 1.29 is 4.79 Å². The van der Waals surface area contributed by atoms with Gasteiger partial charge in [0.2, 0.25) is 5.91 Å². The second kappa shape index (κ2) is 5.87. The average molecular weight is 311 g/mol. The fourth-order valence-corrected chi connectivity index (χ4v) is 2.30. The van der Waals surface area contributed by atoms with E-state index in [-0.39, 0.29) is 5.91 Å². The molecule has 0 bridgehead atoms. The molecule has 1 atom stereocenters. The summed E-state index contributed by atoms with van der Waals surface area (Å²) in [6.07, 6.45) is 4.37. The molecule has 0 saturated heterocycles. The van der Waals surface area contributed by atoms with E-state index in [1.165, 1.54) is 0 Å². The van der Waals surface area contributed by atoms with Gasteiger partial charge in [0.1, 0.15) is 0 Å². The van der Waals surface area contributed by atoms with Gasteiger partial charge in [-0.1, -0.05) is 0 Å². The minimum absolute atomic E-state index is 0.0316. The number of hydrogen-bond acceptors (Lipinski definition) is 3. The Kier molecular flexibility index (Phi) is 5.11. The first-order valence-corrected chi connectivity index (χ1v) is 6.13. The summed E-state index contributed by atoms with van der Waals surface area (Å²) in [5, 5.41) is 2.97. The third kappa shape index (κ3) is 3.70. The summed E-state index contributed by atoms with van der Waals surface area (Å²) in [6.45, 7) is 1.72. The van der Waals surface area contributed by atoms with Crippen molar-refractivity contribution >= 4 is 28.8 Å². The molecule has 1 saturated carbocycles. The SMILES string of the molecule is C[C@@H](N)C(=O)NC1CCC(NI)CC1. The quantitative estimate of drug-likeness (QED) is 0.531. The third-order valence-electron chi connectivity index (χ3n) is 2.64. The van der Waals surface area contributed by atoms with Crippen molar-refractivity contribution in [3.05, 3.63) is 0 Å². The fraction of sp³-hybridized carbons (Fsp3) is 0.889. The van der Waals surface area contributed by atoms with Crippen LogP contribution in [-0.2, 0) is 4.79 Å². The number of hydrogen-bond donors (Lipinski definition) is 3. The van der Waals surface area contributed by atoms with Crippen molar-refractivity contribution in [2.45, 2.75) is 50.7 Å². The highest BCUT2D eigenvalue weighted by atomic mass is 127. The van der Waals surface area contributed by atoms with Gasteiger partial charge in [-0.25, -0.2) is 0 Å². The monoisotopic (exact) mass is 311 g/mol. The summed E-state index contributed by atoms with van der Waals surface area (Å²) in [5.41, 5.74) is 5.48. The molecule has 1 aliphatic rings. The Balaban J connectivity index is 2.25. The molecule has 4 N–H and O–H groups in total. The number of rotatable bonds is 3. The largest absolute Gasteiger partial charge is 0.352 e. The lowest BCUT2D eigenvalue weighted by atomic mass is 9.92. The summed E-state index contributed by atoms with van der Waals surface area (Å²) >= 11 is 2.19. The molecule has 4 nitrogen and oxygen atoms in total. The second-order valence-corrected chi connectivity index (χ2v) is 4.58. The zero-order chi connectivity index (χ0) is 10.6. The molecule has 1 aliphatic carbocycles. The first-order chi connectivity index (χ1) is 6.63. The standard InChI is InChI=1S/C9H18IN3O/c1-6(11)9(14)12-7-2-4-8(13-10)5-3-7/h6-8,13H,2-5,11H2,1H3,(H,12,14)/t6-,7?,8?/m1/s1. The van der Waals surface area contributed by atoms with E-state index in [9.17, 15) is 4.79 Å². The van der Waals surface area contributed by atoms with Crippen LogP contribution in [0.25, 0.3) is 0 Å². The summed E-state index contributed by atoms with van der Waals surface area (Å²) in [5.74, 6) is -0.0316. The summed E-state index contributed by atoms with van der Waals surface area (Å²) in [7, 11) is 0. The van der Waals surface area contributed by atoms with E-state index in [4.69, 9.17) is 5.73 Å². The summed E-state index contributed by atoms with van der Waals surface area (Å²) in [6, 6.07) is 0.545. The maximum atomic E-state index is 11.3. The van der Waals surface area contributed by atoms with Gasteiger partial charge in [-0.3, -0.25) is 8.32 Å². The molecule has 0 aromatic carbocycles. The van der Waals surface area contributed by atoms with E-state index in [1.807, 2.05) is 0 Å². The minimum Gasteiger partial charge on any atom is -0.352 e. The summed E-state index contributed by atoms with van der Waals surface area (Å²) < 4.78 is 3.23. The molecule has 1 fully saturated rings. The third-order valence-corrected chi connectivity index (χ3v) is 3.52. The average Bonchev–Trinajstić information content (AvgIpc) is 2.19. The van der Waals surface area contributed by atoms with Gasteiger partial charge in [0.15, 0.2) is 0 Å². The number of carbonyl (C=O) groups is 1. The molecule has 5 heteroatoms. The molecule has 0 spiro atoms. The van der Waals surface area contributed by atoms with Gasteiger partial charge in [0.25, 0.3) is 0 Å². The Morgan fingerprint density at radius 2 is 1.86 bits per heavy atom. The first-order valence-electron chi connectivity index (χ1n) is 5.05. The maximum Gasteiger partial charge on any atom is 0.236 e. The number of amides is 1. The number of halogens is 1. The van der Waals surface area contributed by atoms with Crippen molar-refractivity contribution in [2.24, 2.45) is 5.73 Å². The number of nitrogens with one attached hydrogen (secondary N) is 2. The molecular formula is C9H18IN3O. The van der Waals surface area contributed by atoms with Crippen LogP contribution >= 0.6 is 22.9 Å². The molecule has 82 valence electrons. The van der Waals surface area contributed by atoms with Gasteiger partial charge in [-0.15, -0.1) is 0 Å². The predicted octanol–water partition coefficient (Wildman–Crippen LogP) is 0.701. The highest BCUT2D eigenvalue weighted by Gasteiger charge is 2.22. The Morgan fingerprint density at radius 3 is 2.29 bits per heavy atom. The zero-order valence-corrected chi connectivity index (χ0v) is 10.6. The Labute approximate surface area is 98.9 Å². The molecule has 0 unspecified atom stereocenters. The van der Waals surface area contributed by atoms with Crippen molar-refractivity contribution in [1.29, 1.82) is 0 Å². The van der Waals surface area contributed by atoms with Crippen molar-refractivity contribution in [2.75, 3.05) is 0 Å². The van der Waals surface area contributed by atoms with Crippen LogP contribution in [0.4, 0.5) is 0 Å². The van der Waals surface area contributed by atoms with Crippen LogP contribution < -0.4 is 14.6 Å². The Morgan fingerprint density at radius 1 is 1.36 bits per heavy atom. The van der Waals surface area contributed by atoms with E-state index >= 15 is 0 Å². The van der Waals surface area contributed by atoms with E-state index < -0.39 is 6.04 Å². The van der Waals surface area contributed by atoms with Gasteiger partial charge >= 0.3 is 0 Å². The van der Waals surface area contributed by atoms with Gasteiger partial charge in [0, 0.05) is 34.9 Å². The van der Waals surface area contributed by atoms with E-state index in [0.29, 0.717) is 12.1 Å². The van der Waals surface area contributed by atoms with Gasteiger partial charge in [-0.05, 0) is 32.6 Å².